The second-order valence-corrected chi connectivity index (χ2v) is 3.22. The van der Waals surface area contributed by atoms with E-state index in [0.29, 0.717) is 6.42 Å². The summed E-state index contributed by atoms with van der Waals surface area (Å²) in [5, 5.41) is 6.50. The molecule has 0 aliphatic heterocycles. The Morgan fingerprint density at radius 2 is 2.00 bits per heavy atom. The Kier molecular flexibility index (Phi) is 3.54. The number of alkyl halides is 4. The van der Waals surface area contributed by atoms with E-state index >= 15 is 0 Å². The first-order valence-electron chi connectivity index (χ1n) is 4.12. The van der Waals surface area contributed by atoms with Crippen LogP contribution in [0.2, 0.25) is 5.28 Å². The zero-order valence-corrected chi connectivity index (χ0v) is 8.48. The molecule has 0 aliphatic carbocycles. The van der Waals surface area contributed by atoms with E-state index in [1.54, 1.807) is 6.92 Å². The van der Waals surface area contributed by atoms with Gasteiger partial charge in [0.05, 0.1) is 6.54 Å². The Bertz CT molecular complexity index is 339. The summed E-state index contributed by atoms with van der Waals surface area (Å²) in [5.41, 5.74) is 0. The lowest BCUT2D eigenvalue weighted by Crippen LogP contribution is -2.32. The topological polar surface area (TPSA) is 30.7 Å². The Hall–Kier alpha value is -0.850. The van der Waals surface area contributed by atoms with E-state index in [4.69, 9.17) is 11.6 Å². The molecule has 0 unspecified atom stereocenters. The van der Waals surface area contributed by atoms with Crippen LogP contribution in [0, 0.1) is 0 Å². The summed E-state index contributed by atoms with van der Waals surface area (Å²) < 4.78 is 50.1. The first kappa shape index (κ1) is 12.2. The molecular weight excluding hydrogens is 238 g/mol. The number of aryl methyl sites for hydroxylation is 1. The first-order chi connectivity index (χ1) is 6.88. The molecule has 15 heavy (non-hydrogen) atoms. The highest BCUT2D eigenvalue weighted by molar-refractivity contribution is 6.28. The largest absolute Gasteiger partial charge is 0.325 e. The fourth-order valence-corrected chi connectivity index (χ4v) is 1.21. The Morgan fingerprint density at radius 3 is 2.47 bits per heavy atom. The summed E-state index contributed by atoms with van der Waals surface area (Å²) >= 11 is 5.45. The van der Waals surface area contributed by atoms with Crippen molar-refractivity contribution in [3.8, 4) is 0 Å². The maximum absolute atomic E-state index is 12.7. The normalized spacial score (nSPS) is 12.5. The Morgan fingerprint density at radius 1 is 1.40 bits per heavy atom. The minimum Gasteiger partial charge on any atom is -0.295 e. The van der Waals surface area contributed by atoms with Gasteiger partial charge in [-0.15, -0.1) is 10.2 Å². The van der Waals surface area contributed by atoms with E-state index in [9.17, 15) is 17.6 Å². The summed E-state index contributed by atoms with van der Waals surface area (Å²) in [5.74, 6) is -3.98. The molecule has 0 saturated carbocycles. The molecule has 0 aromatic carbocycles. The molecule has 0 fully saturated rings. The summed E-state index contributed by atoms with van der Waals surface area (Å²) in [4.78, 5) is 0. The number of rotatable bonds is 4. The van der Waals surface area contributed by atoms with Crippen molar-refractivity contribution in [3.05, 3.63) is 11.1 Å². The van der Waals surface area contributed by atoms with Crippen molar-refractivity contribution in [3.63, 3.8) is 0 Å². The van der Waals surface area contributed by atoms with Crippen molar-refractivity contribution in [1.82, 2.24) is 14.8 Å². The Balaban J connectivity index is 2.93. The third-order valence-electron chi connectivity index (χ3n) is 1.79. The van der Waals surface area contributed by atoms with Gasteiger partial charge in [-0.2, -0.15) is 8.78 Å². The van der Waals surface area contributed by atoms with Crippen LogP contribution in [0.3, 0.4) is 0 Å². The average molecular weight is 246 g/mol. The molecule has 0 saturated heterocycles. The molecule has 0 amide bonds. The number of nitrogens with zero attached hydrogens (tertiary/aromatic N) is 3. The number of halogens is 5. The molecule has 1 aromatic rings. The maximum Gasteiger partial charge on any atom is 0.325 e. The fraction of sp³-hybridized carbons (Fsp3) is 0.714. The lowest BCUT2D eigenvalue weighted by atomic mass is 10.3. The van der Waals surface area contributed by atoms with Gasteiger partial charge in [0.15, 0.2) is 0 Å². The lowest BCUT2D eigenvalue weighted by Gasteiger charge is -2.16. The lowest BCUT2D eigenvalue weighted by molar-refractivity contribution is -0.138. The van der Waals surface area contributed by atoms with Gasteiger partial charge in [0.2, 0.25) is 5.28 Å². The average Bonchev–Trinajstić information content (AvgIpc) is 2.47. The van der Waals surface area contributed by atoms with Crippen molar-refractivity contribution in [2.24, 2.45) is 0 Å². The van der Waals surface area contributed by atoms with E-state index in [1.165, 1.54) is 0 Å². The predicted octanol–water partition coefficient (Wildman–Crippen LogP) is 2.39. The van der Waals surface area contributed by atoms with E-state index in [-0.39, 0.29) is 11.1 Å². The second-order valence-electron chi connectivity index (χ2n) is 2.89. The summed E-state index contributed by atoms with van der Waals surface area (Å²) in [7, 11) is 0. The van der Waals surface area contributed by atoms with Crippen molar-refractivity contribution in [2.45, 2.75) is 32.2 Å². The monoisotopic (exact) mass is 245 g/mol. The summed E-state index contributed by atoms with van der Waals surface area (Å²) in [6, 6.07) is 0. The van der Waals surface area contributed by atoms with Gasteiger partial charge < -0.3 is 0 Å². The zero-order valence-electron chi connectivity index (χ0n) is 7.72. The predicted molar refractivity (Wildman–Crippen MR) is 45.4 cm³/mol. The van der Waals surface area contributed by atoms with Gasteiger partial charge >= 0.3 is 12.3 Å². The quantitative estimate of drug-likeness (QED) is 0.763. The molecular formula is C7H8ClF4N3. The molecule has 0 radical (unpaired) electrons. The highest BCUT2D eigenvalue weighted by atomic mass is 35.5. The van der Waals surface area contributed by atoms with Crippen LogP contribution in [-0.4, -0.2) is 27.1 Å². The van der Waals surface area contributed by atoms with Crippen LogP contribution in [0.15, 0.2) is 0 Å². The van der Waals surface area contributed by atoms with Gasteiger partial charge in [-0.25, -0.2) is 8.78 Å². The van der Waals surface area contributed by atoms with Gasteiger partial charge in [-0.3, -0.25) is 4.57 Å². The molecule has 3 nitrogen and oxygen atoms in total. The van der Waals surface area contributed by atoms with E-state index < -0.39 is 18.9 Å². The molecule has 1 rings (SSSR count). The third kappa shape index (κ3) is 2.58. The second kappa shape index (κ2) is 4.34. The van der Waals surface area contributed by atoms with E-state index in [0.717, 1.165) is 4.57 Å². The van der Waals surface area contributed by atoms with Gasteiger partial charge in [-0.05, 0) is 11.6 Å². The minimum atomic E-state index is -4.13. The molecule has 8 heteroatoms. The highest BCUT2D eigenvalue weighted by Gasteiger charge is 2.42. The van der Waals surface area contributed by atoms with E-state index in [1.807, 2.05) is 0 Å². The first-order valence-corrected chi connectivity index (χ1v) is 4.49. The minimum absolute atomic E-state index is 0.153. The summed E-state index contributed by atoms with van der Waals surface area (Å²) in [6.45, 7) is 0.428. The standard InChI is InChI=1S/C7H8ClF4N3/c1-2-4-13-14-6(8)15(4)3-7(11,12)5(9)10/h5H,2-3H2,1H3. The Labute approximate surface area is 88.0 Å². The number of hydrogen-bond acceptors (Lipinski definition) is 2. The van der Waals surface area contributed by atoms with Crippen LogP contribution in [-0.2, 0) is 13.0 Å². The number of aromatic nitrogens is 3. The fourth-order valence-electron chi connectivity index (χ4n) is 1.01. The summed E-state index contributed by atoms with van der Waals surface area (Å²) in [6.07, 6.45) is -3.44. The molecule has 1 aromatic heterocycles. The molecule has 0 bridgehead atoms. The van der Waals surface area contributed by atoms with Crippen molar-refractivity contribution < 1.29 is 17.6 Å². The SMILES string of the molecule is CCc1nnc(Cl)n1CC(F)(F)C(F)F. The van der Waals surface area contributed by atoms with Crippen molar-refractivity contribution >= 4 is 11.6 Å². The zero-order chi connectivity index (χ0) is 11.6. The molecule has 0 N–H and O–H groups in total. The third-order valence-corrected chi connectivity index (χ3v) is 2.07. The van der Waals surface area contributed by atoms with Crippen LogP contribution in [0.25, 0.3) is 0 Å². The highest BCUT2D eigenvalue weighted by Crippen LogP contribution is 2.26. The molecule has 0 aliphatic rings. The molecule has 0 atom stereocenters. The molecule has 0 spiro atoms. The molecule has 1 heterocycles. The van der Waals surface area contributed by atoms with Crippen LogP contribution >= 0.6 is 11.6 Å². The van der Waals surface area contributed by atoms with Gasteiger partial charge in [0.1, 0.15) is 5.82 Å². The van der Waals surface area contributed by atoms with Crippen LogP contribution < -0.4 is 0 Å². The van der Waals surface area contributed by atoms with Crippen molar-refractivity contribution in [2.75, 3.05) is 0 Å². The van der Waals surface area contributed by atoms with Crippen LogP contribution in [0.4, 0.5) is 17.6 Å². The van der Waals surface area contributed by atoms with Crippen LogP contribution in [0.5, 0.6) is 0 Å². The van der Waals surface area contributed by atoms with Crippen LogP contribution in [0.1, 0.15) is 12.7 Å². The smallest absolute Gasteiger partial charge is 0.295 e. The maximum atomic E-state index is 12.7. The molecule has 86 valence electrons. The van der Waals surface area contributed by atoms with Gasteiger partial charge in [-0.1, -0.05) is 6.92 Å². The van der Waals surface area contributed by atoms with Gasteiger partial charge in [0, 0.05) is 6.42 Å². The number of hydrogen-bond donors (Lipinski definition) is 0. The van der Waals surface area contributed by atoms with Crippen molar-refractivity contribution in [1.29, 1.82) is 0 Å². The van der Waals surface area contributed by atoms with Gasteiger partial charge in [0.25, 0.3) is 0 Å². The van der Waals surface area contributed by atoms with E-state index in [2.05, 4.69) is 10.2 Å².